The fourth-order valence-corrected chi connectivity index (χ4v) is 2.56. The number of esters is 1. The van der Waals surface area contributed by atoms with Crippen LogP contribution in [0.5, 0.6) is 0 Å². The van der Waals surface area contributed by atoms with Gasteiger partial charge in [0.1, 0.15) is 5.82 Å². The summed E-state index contributed by atoms with van der Waals surface area (Å²) in [7, 11) is 0. The number of thioether (sulfide) groups is 1. The minimum absolute atomic E-state index is 0.0734. The largest absolute Gasteiger partial charge is 0.455 e. The molecule has 2 rings (SSSR count). The minimum atomic E-state index is -0.545. The Morgan fingerprint density at radius 1 is 1.17 bits per heavy atom. The molecule has 2 aromatic rings. The highest BCUT2D eigenvalue weighted by Crippen LogP contribution is 2.22. The predicted octanol–water partition coefficient (Wildman–Crippen LogP) is 3.75. The molecule has 0 unspecified atom stereocenters. The van der Waals surface area contributed by atoms with E-state index < -0.39 is 24.3 Å². The van der Waals surface area contributed by atoms with Crippen molar-refractivity contribution in [2.75, 3.05) is 17.7 Å². The maximum Gasteiger partial charge on any atom is 0.316 e. The first-order valence-corrected chi connectivity index (χ1v) is 7.99. The molecule has 0 atom stereocenters. The van der Waals surface area contributed by atoms with E-state index in [-0.39, 0.29) is 16.5 Å². The molecule has 0 heterocycles. The number of hydrogen-bond acceptors (Lipinski definition) is 4. The fourth-order valence-electron chi connectivity index (χ4n) is 1.62. The number of rotatable bonds is 6. The lowest BCUT2D eigenvalue weighted by Crippen LogP contribution is -2.21. The number of nitrogens with one attached hydrogen (secondary N) is 1. The number of carbonyl (C=O) groups is 2. The molecule has 0 bridgehead atoms. The molecule has 0 aliphatic rings. The quantitative estimate of drug-likeness (QED) is 0.634. The Labute approximate surface area is 142 Å². The predicted molar refractivity (Wildman–Crippen MR) is 88.2 cm³/mol. The Morgan fingerprint density at radius 2 is 1.91 bits per heavy atom. The summed E-state index contributed by atoms with van der Waals surface area (Å²) >= 11 is 7.11. The maximum absolute atomic E-state index is 12.9. The average Bonchev–Trinajstić information content (AvgIpc) is 2.54. The molecule has 0 aliphatic carbocycles. The summed E-state index contributed by atoms with van der Waals surface area (Å²) in [4.78, 5) is 24.2. The molecular formula is C16H13ClFNO3S. The number of ether oxygens (including phenoxy) is 1. The Morgan fingerprint density at radius 3 is 2.61 bits per heavy atom. The van der Waals surface area contributed by atoms with Gasteiger partial charge >= 0.3 is 5.97 Å². The number of anilines is 1. The van der Waals surface area contributed by atoms with E-state index >= 15 is 0 Å². The van der Waals surface area contributed by atoms with Gasteiger partial charge in [-0.1, -0.05) is 29.8 Å². The second kappa shape index (κ2) is 8.55. The Bertz CT molecular complexity index is 697. The molecule has 0 fully saturated rings. The maximum atomic E-state index is 12.9. The molecule has 0 aromatic heterocycles. The van der Waals surface area contributed by atoms with Gasteiger partial charge in [-0.25, -0.2) is 4.39 Å². The molecule has 1 amide bonds. The number of carbonyl (C=O) groups excluding carboxylic acids is 2. The van der Waals surface area contributed by atoms with Crippen LogP contribution in [0.1, 0.15) is 0 Å². The monoisotopic (exact) mass is 353 g/mol. The highest BCUT2D eigenvalue weighted by molar-refractivity contribution is 8.00. The van der Waals surface area contributed by atoms with Crippen LogP contribution in [0.4, 0.5) is 10.1 Å². The molecule has 4 nitrogen and oxygen atoms in total. The van der Waals surface area contributed by atoms with Crippen LogP contribution in [0, 0.1) is 5.82 Å². The van der Waals surface area contributed by atoms with Gasteiger partial charge in [-0.05, 0) is 30.3 Å². The first kappa shape index (κ1) is 17.3. The zero-order valence-corrected chi connectivity index (χ0v) is 13.5. The van der Waals surface area contributed by atoms with Crippen LogP contribution >= 0.6 is 23.4 Å². The van der Waals surface area contributed by atoms with Crippen molar-refractivity contribution in [3.05, 3.63) is 59.4 Å². The Hall–Kier alpha value is -2.05. The lowest BCUT2D eigenvalue weighted by Gasteiger charge is -2.08. The zero-order valence-electron chi connectivity index (χ0n) is 11.9. The van der Waals surface area contributed by atoms with Gasteiger partial charge in [0.25, 0.3) is 5.91 Å². The van der Waals surface area contributed by atoms with Crippen molar-refractivity contribution in [2.24, 2.45) is 0 Å². The van der Waals surface area contributed by atoms with Crippen molar-refractivity contribution in [1.82, 2.24) is 0 Å². The molecule has 0 saturated carbocycles. The van der Waals surface area contributed by atoms with Gasteiger partial charge < -0.3 is 10.1 Å². The number of benzene rings is 2. The second-order valence-electron chi connectivity index (χ2n) is 4.43. The van der Waals surface area contributed by atoms with Crippen molar-refractivity contribution in [2.45, 2.75) is 4.90 Å². The fraction of sp³-hybridized carbons (Fsp3) is 0.125. The van der Waals surface area contributed by atoms with Crippen molar-refractivity contribution in [1.29, 1.82) is 0 Å². The third-order valence-corrected chi connectivity index (χ3v) is 3.97. The number of amides is 1. The Kier molecular flexibility index (Phi) is 6.43. The van der Waals surface area contributed by atoms with E-state index in [0.29, 0.717) is 0 Å². The van der Waals surface area contributed by atoms with Crippen LogP contribution in [0.2, 0.25) is 5.02 Å². The zero-order chi connectivity index (χ0) is 16.7. The van der Waals surface area contributed by atoms with Crippen molar-refractivity contribution >= 4 is 40.9 Å². The molecule has 23 heavy (non-hydrogen) atoms. The molecule has 0 aliphatic heterocycles. The minimum Gasteiger partial charge on any atom is -0.455 e. The molecule has 0 spiro atoms. The van der Waals surface area contributed by atoms with Gasteiger partial charge in [0.05, 0.1) is 16.5 Å². The van der Waals surface area contributed by atoms with E-state index in [2.05, 4.69) is 5.32 Å². The van der Waals surface area contributed by atoms with Crippen molar-refractivity contribution < 1.29 is 18.7 Å². The molecule has 120 valence electrons. The first-order chi connectivity index (χ1) is 11.0. The topological polar surface area (TPSA) is 55.4 Å². The summed E-state index contributed by atoms with van der Waals surface area (Å²) in [5.74, 6) is -1.44. The molecule has 1 N–H and O–H groups in total. The number of hydrogen-bond donors (Lipinski definition) is 1. The van der Waals surface area contributed by atoms with Crippen LogP contribution in [0.15, 0.2) is 53.4 Å². The van der Waals surface area contributed by atoms with E-state index in [4.69, 9.17) is 16.3 Å². The normalized spacial score (nSPS) is 10.2. The summed E-state index contributed by atoms with van der Waals surface area (Å²) in [6, 6.07) is 13.0. The third kappa shape index (κ3) is 5.92. The van der Waals surface area contributed by atoms with Gasteiger partial charge in [0.2, 0.25) is 0 Å². The van der Waals surface area contributed by atoms with Gasteiger partial charge in [0, 0.05) is 4.90 Å². The van der Waals surface area contributed by atoms with Crippen LogP contribution in [-0.4, -0.2) is 24.2 Å². The number of halogens is 2. The van der Waals surface area contributed by atoms with Gasteiger partial charge in [-0.15, -0.1) is 11.8 Å². The summed E-state index contributed by atoms with van der Waals surface area (Å²) in [5, 5.41) is 2.52. The summed E-state index contributed by atoms with van der Waals surface area (Å²) < 4.78 is 17.8. The average molecular weight is 354 g/mol. The molecular weight excluding hydrogens is 341 g/mol. The van der Waals surface area contributed by atoms with Gasteiger partial charge in [0.15, 0.2) is 6.61 Å². The van der Waals surface area contributed by atoms with Crippen LogP contribution in [0.3, 0.4) is 0 Å². The summed E-state index contributed by atoms with van der Waals surface area (Å²) in [6.07, 6.45) is 0. The van der Waals surface area contributed by atoms with Gasteiger partial charge in [-0.3, -0.25) is 9.59 Å². The van der Waals surface area contributed by atoms with Crippen LogP contribution < -0.4 is 5.32 Å². The molecule has 0 radical (unpaired) electrons. The van der Waals surface area contributed by atoms with E-state index in [1.807, 2.05) is 30.3 Å². The molecule has 2 aromatic carbocycles. The lowest BCUT2D eigenvalue weighted by molar-refractivity contribution is -0.144. The standard InChI is InChI=1S/C16H13ClFNO3S/c17-13-8-11(18)6-7-14(13)19-15(20)9-22-16(21)10-23-12-4-2-1-3-5-12/h1-8H,9-10H2,(H,19,20). The highest BCUT2D eigenvalue weighted by atomic mass is 35.5. The van der Waals surface area contributed by atoms with Crippen LogP contribution in [0.25, 0.3) is 0 Å². The first-order valence-electron chi connectivity index (χ1n) is 6.63. The van der Waals surface area contributed by atoms with E-state index in [1.54, 1.807) is 0 Å². The van der Waals surface area contributed by atoms with E-state index in [1.165, 1.54) is 23.9 Å². The highest BCUT2D eigenvalue weighted by Gasteiger charge is 2.10. The van der Waals surface area contributed by atoms with Crippen LogP contribution in [-0.2, 0) is 14.3 Å². The molecule has 0 saturated heterocycles. The smallest absolute Gasteiger partial charge is 0.316 e. The van der Waals surface area contributed by atoms with E-state index in [0.717, 1.165) is 11.0 Å². The summed E-state index contributed by atoms with van der Waals surface area (Å²) in [6.45, 7) is -0.429. The van der Waals surface area contributed by atoms with Gasteiger partial charge in [-0.2, -0.15) is 0 Å². The lowest BCUT2D eigenvalue weighted by atomic mass is 10.3. The third-order valence-electron chi connectivity index (χ3n) is 2.67. The SMILES string of the molecule is O=C(COC(=O)CSc1ccccc1)Nc1ccc(F)cc1Cl. The van der Waals surface area contributed by atoms with Crippen molar-refractivity contribution in [3.63, 3.8) is 0 Å². The second-order valence-corrected chi connectivity index (χ2v) is 5.89. The summed E-state index contributed by atoms with van der Waals surface area (Å²) in [5.41, 5.74) is 0.257. The molecule has 7 heteroatoms. The Balaban J connectivity index is 1.74. The van der Waals surface area contributed by atoms with Crippen molar-refractivity contribution in [3.8, 4) is 0 Å². The van der Waals surface area contributed by atoms with E-state index in [9.17, 15) is 14.0 Å².